The van der Waals surface area contributed by atoms with Crippen LogP contribution in [-0.2, 0) is 4.74 Å². The molecule has 0 unspecified atom stereocenters. The van der Waals surface area contributed by atoms with Crippen molar-refractivity contribution in [2.75, 3.05) is 26.5 Å². The summed E-state index contributed by atoms with van der Waals surface area (Å²) in [6, 6.07) is 8.56. The van der Waals surface area contributed by atoms with Crippen molar-refractivity contribution in [3.63, 3.8) is 0 Å². The molecule has 0 atom stereocenters. The second-order valence-electron chi connectivity index (χ2n) is 3.76. The molecule has 1 aromatic rings. The smallest absolute Gasteiger partial charge is 0.0470 e. The predicted octanol–water partition coefficient (Wildman–Crippen LogP) is 3.34. The number of benzene rings is 1. The van der Waals surface area contributed by atoms with E-state index in [1.54, 1.807) is 7.11 Å². The van der Waals surface area contributed by atoms with Gasteiger partial charge in [0.05, 0.1) is 0 Å². The molecule has 0 spiro atoms. The summed E-state index contributed by atoms with van der Waals surface area (Å²) in [5.74, 6) is 1.11. The van der Waals surface area contributed by atoms with Gasteiger partial charge in [-0.25, -0.2) is 0 Å². The number of nitrogens with two attached hydrogens (primary N) is 1. The van der Waals surface area contributed by atoms with E-state index >= 15 is 0 Å². The van der Waals surface area contributed by atoms with E-state index in [0.29, 0.717) is 0 Å². The van der Waals surface area contributed by atoms with Crippen LogP contribution in [0.1, 0.15) is 18.9 Å². The summed E-state index contributed by atoms with van der Waals surface area (Å²) in [5, 5.41) is 0. The normalized spacial score (nSPS) is 10.6. The fourth-order valence-electron chi connectivity index (χ4n) is 1.31. The van der Waals surface area contributed by atoms with Crippen molar-refractivity contribution in [1.29, 1.82) is 0 Å². The maximum absolute atomic E-state index is 5.02. The summed E-state index contributed by atoms with van der Waals surface area (Å²) in [4.78, 5) is 5.48. The topological polar surface area (TPSA) is 47.6 Å². The van der Waals surface area contributed by atoms with E-state index in [0.717, 1.165) is 24.5 Å². The second kappa shape index (κ2) is 11.8. The first kappa shape index (κ1) is 17.7. The molecule has 2 N–H and O–H groups in total. The Kier molecular flexibility index (Phi) is 11.0. The summed E-state index contributed by atoms with van der Waals surface area (Å²) in [6.07, 6.45) is 2.35. The number of hydrogen-bond donors (Lipinski definition) is 1. The van der Waals surface area contributed by atoms with Gasteiger partial charge in [0.1, 0.15) is 0 Å². The zero-order valence-corrected chi connectivity index (χ0v) is 12.9. The SMILES string of the molecule is C=CN.CN=C(C)c1ccc(SCCCOC)cc1. The van der Waals surface area contributed by atoms with Crippen molar-refractivity contribution in [1.82, 2.24) is 0 Å². The zero-order valence-electron chi connectivity index (χ0n) is 12.1. The van der Waals surface area contributed by atoms with E-state index in [2.05, 4.69) is 41.6 Å². The molecule has 0 radical (unpaired) electrons. The van der Waals surface area contributed by atoms with Gasteiger partial charge in [-0.1, -0.05) is 18.7 Å². The van der Waals surface area contributed by atoms with Crippen LogP contribution in [0.3, 0.4) is 0 Å². The minimum Gasteiger partial charge on any atom is -0.405 e. The van der Waals surface area contributed by atoms with Crippen LogP contribution in [0.2, 0.25) is 0 Å². The van der Waals surface area contributed by atoms with Crippen molar-refractivity contribution in [2.24, 2.45) is 10.7 Å². The predicted molar refractivity (Wildman–Crippen MR) is 86.2 cm³/mol. The van der Waals surface area contributed by atoms with Gasteiger partial charge in [-0.2, -0.15) is 0 Å². The minimum absolute atomic E-state index is 0.840. The molecule has 0 fully saturated rings. The Morgan fingerprint density at radius 1 is 1.42 bits per heavy atom. The Bertz CT molecular complexity index is 374. The fraction of sp³-hybridized carbons (Fsp3) is 0.400. The maximum Gasteiger partial charge on any atom is 0.0470 e. The van der Waals surface area contributed by atoms with E-state index in [-0.39, 0.29) is 0 Å². The van der Waals surface area contributed by atoms with Gasteiger partial charge in [-0.15, -0.1) is 11.8 Å². The van der Waals surface area contributed by atoms with Crippen molar-refractivity contribution in [3.8, 4) is 0 Å². The highest BCUT2D eigenvalue weighted by atomic mass is 32.2. The number of methoxy groups -OCH3 is 1. The molecule has 0 saturated heterocycles. The molecule has 1 aromatic carbocycles. The summed E-state index contributed by atoms with van der Waals surface area (Å²) < 4.78 is 5.02. The number of hydrogen-bond acceptors (Lipinski definition) is 4. The van der Waals surface area contributed by atoms with Crippen LogP contribution in [0, 0.1) is 0 Å². The molecule has 0 amide bonds. The highest BCUT2D eigenvalue weighted by Crippen LogP contribution is 2.19. The van der Waals surface area contributed by atoms with E-state index in [1.807, 2.05) is 25.7 Å². The second-order valence-corrected chi connectivity index (χ2v) is 4.93. The molecular formula is C15H24N2OS. The Balaban J connectivity index is 0.000000982. The Labute approximate surface area is 121 Å². The largest absolute Gasteiger partial charge is 0.405 e. The van der Waals surface area contributed by atoms with Crippen LogP contribution in [0.15, 0.2) is 46.9 Å². The standard InChI is InChI=1S/C13H19NOS.C2H5N/c1-11(14-2)12-5-7-13(8-6-12)16-10-4-9-15-3;1-2-3/h5-8H,4,9-10H2,1-3H3;2H,1,3H2. The third-order valence-electron chi connectivity index (χ3n) is 2.37. The van der Waals surface area contributed by atoms with Gasteiger partial charge in [0, 0.05) is 37.1 Å². The summed E-state index contributed by atoms with van der Waals surface area (Å²) in [7, 11) is 3.56. The van der Waals surface area contributed by atoms with Crippen LogP contribution in [0.25, 0.3) is 0 Å². The molecular weight excluding hydrogens is 256 g/mol. The van der Waals surface area contributed by atoms with E-state index in [4.69, 9.17) is 4.74 Å². The molecule has 0 aromatic heterocycles. The van der Waals surface area contributed by atoms with Crippen molar-refractivity contribution in [2.45, 2.75) is 18.2 Å². The van der Waals surface area contributed by atoms with Crippen molar-refractivity contribution < 1.29 is 4.74 Å². The van der Waals surface area contributed by atoms with Gasteiger partial charge in [0.2, 0.25) is 0 Å². The number of thioether (sulfide) groups is 1. The third kappa shape index (κ3) is 8.46. The first-order chi connectivity index (χ1) is 9.19. The monoisotopic (exact) mass is 280 g/mol. The lowest BCUT2D eigenvalue weighted by Crippen LogP contribution is -1.93. The number of rotatable bonds is 6. The van der Waals surface area contributed by atoms with Gasteiger partial charge in [-0.05, 0) is 37.2 Å². The molecule has 1 rings (SSSR count). The number of nitrogens with zero attached hydrogens (tertiary/aromatic N) is 1. The Morgan fingerprint density at radius 3 is 2.47 bits per heavy atom. The molecule has 0 heterocycles. The van der Waals surface area contributed by atoms with Crippen LogP contribution >= 0.6 is 11.8 Å². The van der Waals surface area contributed by atoms with Crippen LogP contribution in [0.5, 0.6) is 0 Å². The molecule has 0 saturated carbocycles. The van der Waals surface area contributed by atoms with E-state index in [9.17, 15) is 0 Å². The van der Waals surface area contributed by atoms with Gasteiger partial charge in [0.25, 0.3) is 0 Å². The van der Waals surface area contributed by atoms with E-state index in [1.165, 1.54) is 16.7 Å². The van der Waals surface area contributed by atoms with Crippen molar-refractivity contribution in [3.05, 3.63) is 42.6 Å². The first-order valence-corrected chi connectivity index (χ1v) is 7.16. The molecule has 0 bridgehead atoms. The lowest BCUT2D eigenvalue weighted by Gasteiger charge is -2.03. The minimum atomic E-state index is 0.840. The van der Waals surface area contributed by atoms with Crippen LogP contribution in [0.4, 0.5) is 0 Å². The molecule has 0 aliphatic carbocycles. The zero-order chi connectivity index (χ0) is 14.5. The van der Waals surface area contributed by atoms with Gasteiger partial charge >= 0.3 is 0 Å². The lowest BCUT2D eigenvalue weighted by molar-refractivity contribution is 0.200. The van der Waals surface area contributed by atoms with Crippen molar-refractivity contribution >= 4 is 17.5 Å². The third-order valence-corrected chi connectivity index (χ3v) is 3.47. The molecule has 0 aliphatic heterocycles. The molecule has 3 nitrogen and oxygen atoms in total. The highest BCUT2D eigenvalue weighted by molar-refractivity contribution is 7.99. The lowest BCUT2D eigenvalue weighted by atomic mass is 10.1. The van der Waals surface area contributed by atoms with Gasteiger partial charge < -0.3 is 10.5 Å². The molecule has 0 aliphatic rings. The molecule has 106 valence electrons. The number of ether oxygens (including phenoxy) is 1. The average molecular weight is 280 g/mol. The summed E-state index contributed by atoms with van der Waals surface area (Å²) >= 11 is 1.87. The fourth-order valence-corrected chi connectivity index (χ4v) is 2.14. The first-order valence-electron chi connectivity index (χ1n) is 6.17. The summed E-state index contributed by atoms with van der Waals surface area (Å²) in [6.45, 7) is 6.01. The van der Waals surface area contributed by atoms with Gasteiger partial charge in [0.15, 0.2) is 0 Å². The molecule has 4 heteroatoms. The summed E-state index contributed by atoms with van der Waals surface area (Å²) in [5.41, 5.74) is 6.89. The Hall–Kier alpha value is -1.26. The quantitative estimate of drug-likeness (QED) is 0.494. The van der Waals surface area contributed by atoms with E-state index < -0.39 is 0 Å². The maximum atomic E-state index is 5.02. The number of aliphatic imine (C=N–C) groups is 1. The van der Waals surface area contributed by atoms with Gasteiger partial charge in [-0.3, -0.25) is 4.99 Å². The van der Waals surface area contributed by atoms with Crippen LogP contribution < -0.4 is 5.73 Å². The molecule has 19 heavy (non-hydrogen) atoms. The van der Waals surface area contributed by atoms with Crippen LogP contribution in [-0.4, -0.2) is 32.2 Å². The average Bonchev–Trinajstić information content (AvgIpc) is 2.44. The Morgan fingerprint density at radius 2 is 2.00 bits per heavy atom. The highest BCUT2D eigenvalue weighted by Gasteiger charge is 1.97.